The van der Waals surface area contributed by atoms with Gasteiger partial charge in [-0.25, -0.2) is 0 Å². The van der Waals surface area contributed by atoms with Crippen LogP contribution in [0.15, 0.2) is 42.6 Å². The molecule has 0 fully saturated rings. The number of aromatic hydroxyl groups is 2. The lowest BCUT2D eigenvalue weighted by Gasteiger charge is -2.02. The van der Waals surface area contributed by atoms with Crippen LogP contribution in [0.5, 0.6) is 11.5 Å². The van der Waals surface area contributed by atoms with Crippen LogP contribution < -0.4 is 0 Å². The highest BCUT2D eigenvalue weighted by Gasteiger charge is 2.02. The summed E-state index contributed by atoms with van der Waals surface area (Å²) >= 11 is 0. The van der Waals surface area contributed by atoms with E-state index in [0.717, 1.165) is 11.3 Å². The van der Waals surface area contributed by atoms with Gasteiger partial charge in [0, 0.05) is 11.8 Å². The number of hydrogen-bond acceptors (Lipinski definition) is 3. The first kappa shape index (κ1) is 11.5. The third-order valence-corrected chi connectivity index (χ3v) is 1.94. The molecule has 15 heavy (non-hydrogen) atoms. The molecule has 1 heterocycles. The molecule has 0 aliphatic carbocycles. The molecule has 2 aromatic rings. The quantitative estimate of drug-likeness (QED) is 0.782. The van der Waals surface area contributed by atoms with Crippen LogP contribution in [0.4, 0.5) is 0 Å². The summed E-state index contributed by atoms with van der Waals surface area (Å²) < 4.78 is 0. The van der Waals surface area contributed by atoms with Gasteiger partial charge >= 0.3 is 0 Å². The molecule has 0 radical (unpaired) electrons. The molecule has 1 aromatic carbocycles. The number of phenolic OH excluding ortho intramolecular Hbond substituents is 2. The van der Waals surface area contributed by atoms with Crippen molar-refractivity contribution in [3.05, 3.63) is 42.6 Å². The molecule has 0 aliphatic rings. The highest BCUT2D eigenvalue weighted by Crippen LogP contribution is 2.29. The van der Waals surface area contributed by atoms with E-state index in [4.69, 9.17) is 5.11 Å². The number of halogens is 1. The Balaban J connectivity index is 0.00000112. The second-order valence-electron chi connectivity index (χ2n) is 2.92. The average molecular weight is 268 g/mol. The number of rotatable bonds is 1. The van der Waals surface area contributed by atoms with Crippen molar-refractivity contribution in [2.75, 3.05) is 0 Å². The standard InChI is InChI=1S/C11H9NO2.BrH/c13-10-5-4-8(7-11(10)14)9-3-1-2-6-12-9;/h1-7,13-14H;1H. The Hall–Kier alpha value is -1.55. The van der Waals surface area contributed by atoms with Crippen molar-refractivity contribution in [1.29, 1.82) is 0 Å². The Morgan fingerprint density at radius 3 is 2.33 bits per heavy atom. The molecule has 0 aliphatic heterocycles. The Bertz CT molecular complexity index is 446. The monoisotopic (exact) mass is 267 g/mol. The van der Waals surface area contributed by atoms with Gasteiger partial charge < -0.3 is 10.2 Å². The van der Waals surface area contributed by atoms with Gasteiger partial charge in [-0.3, -0.25) is 4.98 Å². The molecule has 1 aromatic heterocycles. The van der Waals surface area contributed by atoms with Gasteiger partial charge in [0.25, 0.3) is 0 Å². The topological polar surface area (TPSA) is 53.4 Å². The number of phenols is 2. The van der Waals surface area contributed by atoms with Gasteiger partial charge in [-0.2, -0.15) is 0 Å². The molecule has 0 saturated carbocycles. The Morgan fingerprint density at radius 2 is 1.73 bits per heavy atom. The highest BCUT2D eigenvalue weighted by molar-refractivity contribution is 8.93. The van der Waals surface area contributed by atoms with E-state index in [1.165, 1.54) is 12.1 Å². The molecule has 4 heteroatoms. The lowest BCUT2D eigenvalue weighted by Crippen LogP contribution is -1.81. The van der Waals surface area contributed by atoms with E-state index in [-0.39, 0.29) is 28.5 Å². The van der Waals surface area contributed by atoms with Crippen LogP contribution in [-0.2, 0) is 0 Å². The summed E-state index contributed by atoms with van der Waals surface area (Å²) in [7, 11) is 0. The minimum absolute atomic E-state index is 0. The van der Waals surface area contributed by atoms with Gasteiger partial charge in [-0.15, -0.1) is 17.0 Å². The van der Waals surface area contributed by atoms with Crippen LogP contribution in [0.1, 0.15) is 0 Å². The summed E-state index contributed by atoms with van der Waals surface area (Å²) in [5, 5.41) is 18.4. The van der Waals surface area contributed by atoms with Gasteiger partial charge in [-0.05, 0) is 30.3 Å². The van der Waals surface area contributed by atoms with Crippen molar-refractivity contribution in [1.82, 2.24) is 4.98 Å². The van der Waals surface area contributed by atoms with Crippen LogP contribution in [-0.4, -0.2) is 15.2 Å². The molecule has 3 nitrogen and oxygen atoms in total. The maximum atomic E-state index is 9.28. The van der Waals surface area contributed by atoms with Gasteiger partial charge in [0.05, 0.1) is 5.69 Å². The molecule has 0 saturated heterocycles. The van der Waals surface area contributed by atoms with E-state index in [0.29, 0.717) is 0 Å². The SMILES string of the molecule is Br.Oc1ccc(-c2ccccn2)cc1O. The van der Waals surface area contributed by atoms with Crippen LogP contribution in [0.25, 0.3) is 11.3 Å². The van der Waals surface area contributed by atoms with Crippen LogP contribution in [0.2, 0.25) is 0 Å². The molecule has 0 amide bonds. The second kappa shape index (κ2) is 4.79. The first-order valence-electron chi connectivity index (χ1n) is 4.21. The maximum absolute atomic E-state index is 9.28. The van der Waals surface area contributed by atoms with Crippen LogP contribution in [0.3, 0.4) is 0 Å². The van der Waals surface area contributed by atoms with Crippen LogP contribution >= 0.6 is 17.0 Å². The van der Waals surface area contributed by atoms with E-state index < -0.39 is 0 Å². The lowest BCUT2D eigenvalue weighted by atomic mass is 10.1. The highest BCUT2D eigenvalue weighted by atomic mass is 79.9. The molecule has 2 rings (SSSR count). The predicted molar refractivity (Wildman–Crippen MR) is 63.3 cm³/mol. The largest absolute Gasteiger partial charge is 0.504 e. The van der Waals surface area contributed by atoms with E-state index in [1.54, 1.807) is 12.3 Å². The van der Waals surface area contributed by atoms with Gasteiger partial charge in [0.2, 0.25) is 0 Å². The molecule has 78 valence electrons. The molecule has 0 atom stereocenters. The van der Waals surface area contributed by atoms with Crippen molar-refractivity contribution in [3.63, 3.8) is 0 Å². The molecular formula is C11H10BrNO2. The molecule has 0 bridgehead atoms. The molecule has 0 unspecified atom stereocenters. The zero-order valence-electron chi connectivity index (χ0n) is 7.79. The first-order chi connectivity index (χ1) is 6.77. The van der Waals surface area contributed by atoms with Crippen molar-refractivity contribution >= 4 is 17.0 Å². The minimum atomic E-state index is -0.131. The number of aromatic nitrogens is 1. The van der Waals surface area contributed by atoms with Gasteiger partial charge in [0.1, 0.15) is 0 Å². The summed E-state index contributed by atoms with van der Waals surface area (Å²) in [6.45, 7) is 0. The Morgan fingerprint density at radius 1 is 0.933 bits per heavy atom. The van der Waals surface area contributed by atoms with E-state index in [2.05, 4.69) is 4.98 Å². The molecule has 2 N–H and O–H groups in total. The third kappa shape index (κ3) is 2.47. The van der Waals surface area contributed by atoms with E-state index in [9.17, 15) is 5.11 Å². The fraction of sp³-hybridized carbons (Fsp3) is 0. The lowest BCUT2D eigenvalue weighted by molar-refractivity contribution is 0.404. The van der Waals surface area contributed by atoms with Crippen molar-refractivity contribution in [2.24, 2.45) is 0 Å². The molecular weight excluding hydrogens is 258 g/mol. The normalized spacial score (nSPS) is 9.33. The zero-order valence-corrected chi connectivity index (χ0v) is 9.50. The number of hydrogen-bond donors (Lipinski definition) is 2. The van der Waals surface area contributed by atoms with Crippen LogP contribution in [0, 0.1) is 0 Å². The van der Waals surface area contributed by atoms with E-state index >= 15 is 0 Å². The third-order valence-electron chi connectivity index (χ3n) is 1.94. The number of benzene rings is 1. The Kier molecular flexibility index (Phi) is 3.68. The smallest absolute Gasteiger partial charge is 0.158 e. The first-order valence-corrected chi connectivity index (χ1v) is 4.21. The number of nitrogens with zero attached hydrogens (tertiary/aromatic N) is 1. The van der Waals surface area contributed by atoms with Crippen molar-refractivity contribution in [3.8, 4) is 22.8 Å². The molecule has 0 spiro atoms. The Labute approximate surface area is 97.8 Å². The summed E-state index contributed by atoms with van der Waals surface area (Å²) in [4.78, 5) is 4.13. The summed E-state index contributed by atoms with van der Waals surface area (Å²) in [5.74, 6) is -0.252. The summed E-state index contributed by atoms with van der Waals surface area (Å²) in [6, 6.07) is 10.2. The van der Waals surface area contributed by atoms with Gasteiger partial charge in [0.15, 0.2) is 11.5 Å². The van der Waals surface area contributed by atoms with Gasteiger partial charge in [-0.1, -0.05) is 6.07 Å². The minimum Gasteiger partial charge on any atom is -0.504 e. The van der Waals surface area contributed by atoms with E-state index in [1.807, 2.05) is 18.2 Å². The summed E-state index contributed by atoms with van der Waals surface area (Å²) in [6.07, 6.45) is 1.68. The maximum Gasteiger partial charge on any atom is 0.158 e. The van der Waals surface area contributed by atoms with Crippen molar-refractivity contribution in [2.45, 2.75) is 0 Å². The predicted octanol–water partition coefficient (Wildman–Crippen LogP) is 2.74. The summed E-state index contributed by atoms with van der Waals surface area (Å²) in [5.41, 5.74) is 1.55. The average Bonchev–Trinajstić information content (AvgIpc) is 2.23. The number of pyridine rings is 1. The zero-order chi connectivity index (χ0) is 9.97. The fourth-order valence-corrected chi connectivity index (χ4v) is 1.22. The second-order valence-corrected chi connectivity index (χ2v) is 2.92. The fourth-order valence-electron chi connectivity index (χ4n) is 1.22. The van der Waals surface area contributed by atoms with Crippen molar-refractivity contribution < 1.29 is 10.2 Å².